The van der Waals surface area contributed by atoms with E-state index in [9.17, 15) is 9.59 Å². The fourth-order valence-corrected chi connectivity index (χ4v) is 2.90. The Morgan fingerprint density at radius 2 is 1.96 bits per heavy atom. The van der Waals surface area contributed by atoms with Crippen LogP contribution in [0.15, 0.2) is 35.1 Å². The van der Waals surface area contributed by atoms with Crippen LogP contribution in [0.5, 0.6) is 5.75 Å². The molecule has 1 amide bonds. The van der Waals surface area contributed by atoms with E-state index in [-0.39, 0.29) is 18.0 Å². The van der Waals surface area contributed by atoms with Crippen LogP contribution in [0, 0.1) is 0 Å². The van der Waals surface area contributed by atoms with Gasteiger partial charge in [0, 0.05) is 11.8 Å². The Labute approximate surface area is 140 Å². The van der Waals surface area contributed by atoms with Gasteiger partial charge < -0.3 is 10.1 Å². The number of methoxy groups -OCH3 is 1. The lowest BCUT2D eigenvalue weighted by Crippen LogP contribution is -2.30. The summed E-state index contributed by atoms with van der Waals surface area (Å²) in [6.07, 6.45) is 5.10. The molecule has 6 heteroatoms. The Balaban J connectivity index is 1.71. The normalized spacial score (nSPS) is 13.7. The highest BCUT2D eigenvalue weighted by Crippen LogP contribution is 2.17. The number of rotatable bonds is 4. The number of ether oxygens (including phenoxy) is 1. The minimum Gasteiger partial charge on any atom is -0.497 e. The number of benzene rings is 1. The number of anilines is 1. The third-order valence-corrected chi connectivity index (χ3v) is 4.19. The number of nitrogens with one attached hydrogen (secondary N) is 1. The average Bonchev–Trinajstić information content (AvgIpc) is 2.81. The van der Waals surface area contributed by atoms with E-state index in [1.807, 2.05) is 0 Å². The number of carbonyl (C=O) groups is 1. The van der Waals surface area contributed by atoms with Crippen molar-refractivity contribution in [3.05, 3.63) is 51.9 Å². The van der Waals surface area contributed by atoms with E-state index < -0.39 is 0 Å². The molecule has 0 unspecified atom stereocenters. The smallest absolute Gasteiger partial charge is 0.267 e. The van der Waals surface area contributed by atoms with Gasteiger partial charge in [0.05, 0.1) is 12.8 Å². The molecule has 0 saturated carbocycles. The Bertz CT molecular complexity index is 781. The topological polar surface area (TPSA) is 73.2 Å². The molecule has 0 bridgehead atoms. The second kappa shape index (κ2) is 7.29. The lowest BCUT2D eigenvalue weighted by Gasteiger charge is -2.10. The van der Waals surface area contributed by atoms with Gasteiger partial charge in [-0.25, -0.2) is 4.68 Å². The molecule has 1 N–H and O–H groups in total. The van der Waals surface area contributed by atoms with Crippen molar-refractivity contribution in [2.75, 3.05) is 12.4 Å². The first kappa shape index (κ1) is 16.2. The summed E-state index contributed by atoms with van der Waals surface area (Å²) in [5, 5.41) is 7.17. The van der Waals surface area contributed by atoms with Gasteiger partial charge in [0.15, 0.2) is 0 Å². The Morgan fingerprint density at radius 3 is 2.71 bits per heavy atom. The third kappa shape index (κ3) is 3.82. The summed E-state index contributed by atoms with van der Waals surface area (Å²) < 4.78 is 6.33. The first-order chi connectivity index (χ1) is 11.7. The Morgan fingerprint density at radius 1 is 1.21 bits per heavy atom. The van der Waals surface area contributed by atoms with Crippen LogP contribution >= 0.6 is 0 Å². The van der Waals surface area contributed by atoms with Crippen LogP contribution in [0.3, 0.4) is 0 Å². The molecule has 1 aliphatic carbocycles. The molecule has 0 aliphatic heterocycles. The van der Waals surface area contributed by atoms with Gasteiger partial charge in [0.25, 0.3) is 5.56 Å². The fraction of sp³-hybridized carbons (Fsp3) is 0.389. The summed E-state index contributed by atoms with van der Waals surface area (Å²) in [5.74, 6) is 0.444. The van der Waals surface area contributed by atoms with Gasteiger partial charge in [-0.1, -0.05) is 6.42 Å². The third-order valence-electron chi connectivity index (χ3n) is 4.19. The van der Waals surface area contributed by atoms with Crippen molar-refractivity contribution in [1.82, 2.24) is 9.78 Å². The van der Waals surface area contributed by atoms with Crippen LogP contribution in [0.25, 0.3) is 0 Å². The summed E-state index contributed by atoms with van der Waals surface area (Å²) >= 11 is 0. The zero-order chi connectivity index (χ0) is 16.9. The molecule has 0 saturated heterocycles. The van der Waals surface area contributed by atoms with Crippen LogP contribution in [0.2, 0.25) is 0 Å². The number of amides is 1. The molecule has 1 aromatic heterocycles. The number of hydrogen-bond acceptors (Lipinski definition) is 4. The van der Waals surface area contributed by atoms with E-state index in [1.54, 1.807) is 37.4 Å². The standard InChI is InChI=1S/C18H21N3O3/c1-24-15-9-7-14(8-10-15)19-17(22)12-21-18(23)11-13-5-3-2-4-6-16(13)20-21/h7-11H,2-6,12H2,1H3,(H,19,22). The minimum atomic E-state index is -0.275. The molecule has 6 nitrogen and oxygen atoms in total. The summed E-state index contributed by atoms with van der Waals surface area (Å²) in [5.41, 5.74) is 2.41. The monoisotopic (exact) mass is 327 g/mol. The number of nitrogens with zero attached hydrogens (tertiary/aromatic N) is 2. The van der Waals surface area contributed by atoms with Crippen molar-refractivity contribution in [3.8, 4) is 5.75 Å². The zero-order valence-corrected chi connectivity index (χ0v) is 13.7. The van der Waals surface area contributed by atoms with E-state index >= 15 is 0 Å². The van der Waals surface area contributed by atoms with E-state index in [0.717, 1.165) is 49.1 Å². The van der Waals surface area contributed by atoms with Crippen molar-refractivity contribution < 1.29 is 9.53 Å². The molecular formula is C18H21N3O3. The lowest BCUT2D eigenvalue weighted by atomic mass is 10.1. The second-order valence-corrected chi connectivity index (χ2v) is 5.95. The maximum Gasteiger partial charge on any atom is 0.267 e. The molecule has 0 fully saturated rings. The molecule has 126 valence electrons. The second-order valence-electron chi connectivity index (χ2n) is 5.95. The molecule has 2 aromatic rings. The zero-order valence-electron chi connectivity index (χ0n) is 13.7. The lowest BCUT2D eigenvalue weighted by molar-refractivity contribution is -0.117. The quantitative estimate of drug-likeness (QED) is 0.874. The highest BCUT2D eigenvalue weighted by atomic mass is 16.5. The Hall–Kier alpha value is -2.63. The van der Waals surface area contributed by atoms with E-state index in [2.05, 4.69) is 10.4 Å². The van der Waals surface area contributed by atoms with Crippen LogP contribution < -0.4 is 15.6 Å². The van der Waals surface area contributed by atoms with Gasteiger partial charge in [-0.05, 0) is 55.5 Å². The van der Waals surface area contributed by atoms with Crippen LogP contribution in [-0.4, -0.2) is 22.8 Å². The van der Waals surface area contributed by atoms with Crippen molar-refractivity contribution in [1.29, 1.82) is 0 Å². The summed E-state index contributed by atoms with van der Waals surface area (Å²) in [4.78, 5) is 24.4. The predicted molar refractivity (Wildman–Crippen MR) is 91.4 cm³/mol. The number of hydrogen-bond donors (Lipinski definition) is 1. The average molecular weight is 327 g/mol. The first-order valence-electron chi connectivity index (χ1n) is 8.19. The van der Waals surface area contributed by atoms with E-state index in [4.69, 9.17) is 4.74 Å². The molecule has 24 heavy (non-hydrogen) atoms. The van der Waals surface area contributed by atoms with Crippen LogP contribution in [0.4, 0.5) is 5.69 Å². The molecule has 0 atom stereocenters. The SMILES string of the molecule is COc1ccc(NC(=O)Cn2nc3c(cc2=O)CCCCC3)cc1. The largest absolute Gasteiger partial charge is 0.497 e. The maximum absolute atomic E-state index is 12.2. The fourth-order valence-electron chi connectivity index (χ4n) is 2.90. The first-order valence-corrected chi connectivity index (χ1v) is 8.19. The van der Waals surface area contributed by atoms with Gasteiger partial charge in [-0.2, -0.15) is 5.10 Å². The molecule has 1 heterocycles. The predicted octanol–water partition coefficient (Wildman–Crippen LogP) is 2.16. The van der Waals surface area contributed by atoms with Crippen molar-refractivity contribution in [2.24, 2.45) is 0 Å². The van der Waals surface area contributed by atoms with Gasteiger partial charge in [-0.3, -0.25) is 9.59 Å². The van der Waals surface area contributed by atoms with Crippen LogP contribution in [-0.2, 0) is 24.2 Å². The molecule has 0 spiro atoms. The van der Waals surface area contributed by atoms with Crippen molar-refractivity contribution >= 4 is 11.6 Å². The summed E-state index contributed by atoms with van der Waals surface area (Å²) in [7, 11) is 1.59. The highest BCUT2D eigenvalue weighted by Gasteiger charge is 2.14. The van der Waals surface area contributed by atoms with E-state index in [0.29, 0.717) is 5.69 Å². The van der Waals surface area contributed by atoms with Gasteiger partial charge in [0.1, 0.15) is 12.3 Å². The van der Waals surface area contributed by atoms with E-state index in [1.165, 1.54) is 4.68 Å². The van der Waals surface area contributed by atoms with Crippen molar-refractivity contribution in [3.63, 3.8) is 0 Å². The molecule has 1 aromatic carbocycles. The molecule has 3 rings (SSSR count). The molecule has 0 radical (unpaired) electrons. The summed E-state index contributed by atoms with van der Waals surface area (Å²) in [6, 6.07) is 8.67. The number of carbonyl (C=O) groups excluding carboxylic acids is 1. The molecule has 1 aliphatic rings. The van der Waals surface area contributed by atoms with Gasteiger partial charge >= 0.3 is 0 Å². The van der Waals surface area contributed by atoms with Crippen molar-refractivity contribution in [2.45, 2.75) is 38.6 Å². The van der Waals surface area contributed by atoms with Crippen LogP contribution in [0.1, 0.15) is 30.5 Å². The highest BCUT2D eigenvalue weighted by molar-refractivity contribution is 5.90. The summed E-state index contributed by atoms with van der Waals surface area (Å²) in [6.45, 7) is -0.0852. The molecular weight excluding hydrogens is 306 g/mol. The number of aryl methyl sites for hydroxylation is 2. The Kier molecular flexibility index (Phi) is 4.93. The van der Waals surface area contributed by atoms with Gasteiger partial charge in [0.2, 0.25) is 5.91 Å². The van der Waals surface area contributed by atoms with Gasteiger partial charge in [-0.15, -0.1) is 0 Å². The minimum absolute atomic E-state index is 0.0852. The maximum atomic E-state index is 12.2. The number of aromatic nitrogens is 2. The number of fused-ring (bicyclic) bond motifs is 1.